The van der Waals surface area contributed by atoms with Crippen LogP contribution in [0.5, 0.6) is 5.75 Å². The fraction of sp³-hybridized carbons (Fsp3) is 0.200. The van der Waals surface area contributed by atoms with Crippen LogP contribution in [0.1, 0.15) is 11.1 Å². The van der Waals surface area contributed by atoms with Crippen molar-refractivity contribution in [2.75, 3.05) is 6.61 Å². The summed E-state index contributed by atoms with van der Waals surface area (Å²) in [6.45, 7) is 0.333. The standard InChI is InChI=1S/C15H14BrNO4/c16-14-3-1-2-12(10-18)15(14)21-9-8-11-4-6-13(7-5-11)17(19)20/h1-7,18H,8-10H2. The van der Waals surface area contributed by atoms with E-state index in [0.717, 1.165) is 10.0 Å². The Labute approximate surface area is 130 Å². The summed E-state index contributed by atoms with van der Waals surface area (Å²) in [4.78, 5) is 10.1. The largest absolute Gasteiger partial charge is 0.492 e. The Morgan fingerprint density at radius 2 is 1.90 bits per heavy atom. The van der Waals surface area contributed by atoms with Gasteiger partial charge in [-0.3, -0.25) is 10.1 Å². The topological polar surface area (TPSA) is 72.6 Å². The van der Waals surface area contributed by atoms with Gasteiger partial charge in [0.15, 0.2) is 0 Å². The summed E-state index contributed by atoms with van der Waals surface area (Å²) in [7, 11) is 0. The molecule has 0 unspecified atom stereocenters. The molecule has 2 aromatic carbocycles. The third kappa shape index (κ3) is 4.03. The van der Waals surface area contributed by atoms with Crippen molar-refractivity contribution in [3.63, 3.8) is 0 Å². The summed E-state index contributed by atoms with van der Waals surface area (Å²) in [5.41, 5.74) is 1.75. The molecule has 1 N–H and O–H groups in total. The fourth-order valence-corrected chi connectivity index (χ4v) is 2.42. The molecule has 0 aliphatic heterocycles. The first kappa shape index (κ1) is 15.5. The fourth-order valence-electron chi connectivity index (χ4n) is 1.89. The van der Waals surface area contributed by atoms with Gasteiger partial charge in [0.1, 0.15) is 5.75 Å². The van der Waals surface area contributed by atoms with Crippen LogP contribution in [-0.2, 0) is 13.0 Å². The Hall–Kier alpha value is -1.92. The van der Waals surface area contributed by atoms with Crippen LogP contribution in [0.2, 0.25) is 0 Å². The first-order valence-corrected chi connectivity index (χ1v) is 7.15. The minimum atomic E-state index is -0.422. The summed E-state index contributed by atoms with van der Waals surface area (Å²) in [6.07, 6.45) is 0.629. The van der Waals surface area contributed by atoms with Gasteiger partial charge >= 0.3 is 0 Å². The first-order chi connectivity index (χ1) is 10.1. The van der Waals surface area contributed by atoms with Crippen molar-refractivity contribution in [2.45, 2.75) is 13.0 Å². The number of benzene rings is 2. The molecule has 5 nitrogen and oxygen atoms in total. The third-order valence-electron chi connectivity index (χ3n) is 3.00. The Balaban J connectivity index is 1.97. The number of halogens is 1. The number of nitro groups is 1. The summed E-state index contributed by atoms with van der Waals surface area (Å²) in [5, 5.41) is 19.8. The SMILES string of the molecule is O=[N+]([O-])c1ccc(CCOc2c(Br)cccc2CO)cc1. The molecule has 0 radical (unpaired) electrons. The van der Waals surface area contributed by atoms with Gasteiger partial charge in [-0.25, -0.2) is 0 Å². The quantitative estimate of drug-likeness (QED) is 0.638. The number of non-ortho nitro benzene ring substituents is 1. The van der Waals surface area contributed by atoms with E-state index in [0.29, 0.717) is 24.3 Å². The lowest BCUT2D eigenvalue weighted by molar-refractivity contribution is -0.384. The molecule has 0 amide bonds. The van der Waals surface area contributed by atoms with Crippen molar-refractivity contribution in [1.29, 1.82) is 0 Å². The Kier molecular flexibility index (Phi) is 5.30. The minimum Gasteiger partial charge on any atom is -0.492 e. The second-order valence-corrected chi connectivity index (χ2v) is 5.26. The maximum absolute atomic E-state index is 10.6. The highest BCUT2D eigenvalue weighted by molar-refractivity contribution is 9.10. The van der Waals surface area contributed by atoms with Crippen molar-refractivity contribution in [3.05, 3.63) is 68.2 Å². The third-order valence-corrected chi connectivity index (χ3v) is 3.63. The first-order valence-electron chi connectivity index (χ1n) is 6.36. The van der Waals surface area contributed by atoms with Crippen LogP contribution in [0.4, 0.5) is 5.69 Å². The van der Waals surface area contributed by atoms with Gasteiger partial charge in [0.05, 0.1) is 22.6 Å². The molecule has 110 valence electrons. The number of aliphatic hydroxyl groups is 1. The molecule has 0 aliphatic rings. The molecule has 6 heteroatoms. The zero-order valence-corrected chi connectivity index (χ0v) is 12.7. The van der Waals surface area contributed by atoms with Crippen LogP contribution in [0.15, 0.2) is 46.9 Å². The number of ether oxygens (including phenoxy) is 1. The normalized spacial score (nSPS) is 10.4. The number of rotatable bonds is 6. The molecular weight excluding hydrogens is 338 g/mol. The maximum Gasteiger partial charge on any atom is 0.269 e. The van der Waals surface area contributed by atoms with Crippen molar-refractivity contribution in [2.24, 2.45) is 0 Å². The zero-order valence-electron chi connectivity index (χ0n) is 11.2. The predicted molar refractivity (Wildman–Crippen MR) is 82.4 cm³/mol. The van der Waals surface area contributed by atoms with Gasteiger partial charge in [-0.05, 0) is 27.6 Å². The summed E-state index contributed by atoms with van der Waals surface area (Å²) in [5.74, 6) is 0.627. The molecule has 2 aromatic rings. The van der Waals surface area contributed by atoms with Gasteiger partial charge in [0.25, 0.3) is 5.69 Å². The lowest BCUT2D eigenvalue weighted by atomic mass is 10.1. The molecule has 0 aromatic heterocycles. The van der Waals surface area contributed by atoms with E-state index in [-0.39, 0.29) is 12.3 Å². The van der Waals surface area contributed by atoms with E-state index in [1.165, 1.54) is 12.1 Å². The molecule has 0 heterocycles. The highest BCUT2D eigenvalue weighted by atomic mass is 79.9. The summed E-state index contributed by atoms with van der Waals surface area (Å²) in [6, 6.07) is 11.9. The van der Waals surface area contributed by atoms with Crippen LogP contribution >= 0.6 is 15.9 Å². The lowest BCUT2D eigenvalue weighted by Gasteiger charge is -2.12. The zero-order chi connectivity index (χ0) is 15.2. The Bertz CT molecular complexity index is 628. The van der Waals surface area contributed by atoms with E-state index in [1.807, 2.05) is 12.1 Å². The van der Waals surface area contributed by atoms with E-state index in [9.17, 15) is 15.2 Å². The van der Waals surface area contributed by atoms with E-state index in [1.54, 1.807) is 18.2 Å². The van der Waals surface area contributed by atoms with Crippen LogP contribution in [0.3, 0.4) is 0 Å². The maximum atomic E-state index is 10.6. The second kappa shape index (κ2) is 7.19. The van der Waals surface area contributed by atoms with Gasteiger partial charge < -0.3 is 9.84 Å². The average Bonchev–Trinajstić information content (AvgIpc) is 2.49. The van der Waals surface area contributed by atoms with Crippen molar-refractivity contribution >= 4 is 21.6 Å². The smallest absolute Gasteiger partial charge is 0.269 e. The number of hydrogen-bond acceptors (Lipinski definition) is 4. The Morgan fingerprint density at radius 3 is 2.52 bits per heavy atom. The molecular formula is C15H14BrNO4. The van der Waals surface area contributed by atoms with Crippen LogP contribution < -0.4 is 4.74 Å². The molecule has 0 saturated heterocycles. The predicted octanol–water partition coefficient (Wildman–Crippen LogP) is 3.47. The number of nitro benzene ring substituents is 1. The van der Waals surface area contributed by atoms with Crippen molar-refractivity contribution in [3.8, 4) is 5.75 Å². The molecule has 21 heavy (non-hydrogen) atoms. The highest BCUT2D eigenvalue weighted by Crippen LogP contribution is 2.29. The van der Waals surface area contributed by atoms with Crippen LogP contribution in [0, 0.1) is 10.1 Å². The van der Waals surface area contributed by atoms with Crippen molar-refractivity contribution in [1.82, 2.24) is 0 Å². The molecule has 0 spiro atoms. The summed E-state index contributed by atoms with van der Waals surface area (Å²) >= 11 is 3.39. The monoisotopic (exact) mass is 351 g/mol. The summed E-state index contributed by atoms with van der Waals surface area (Å²) < 4.78 is 6.49. The second-order valence-electron chi connectivity index (χ2n) is 4.41. The van der Waals surface area contributed by atoms with E-state index in [4.69, 9.17) is 4.74 Å². The molecule has 0 saturated carbocycles. The van der Waals surface area contributed by atoms with E-state index >= 15 is 0 Å². The molecule has 0 fully saturated rings. The number of para-hydroxylation sites is 1. The van der Waals surface area contributed by atoms with Gasteiger partial charge in [0.2, 0.25) is 0 Å². The van der Waals surface area contributed by atoms with Gasteiger partial charge in [-0.2, -0.15) is 0 Å². The van der Waals surface area contributed by atoms with Gasteiger partial charge in [-0.1, -0.05) is 24.3 Å². The van der Waals surface area contributed by atoms with E-state index < -0.39 is 4.92 Å². The molecule has 0 atom stereocenters. The molecule has 2 rings (SSSR count). The molecule has 0 bridgehead atoms. The number of hydrogen-bond donors (Lipinski definition) is 1. The minimum absolute atomic E-state index is 0.0769. The van der Waals surface area contributed by atoms with Gasteiger partial charge in [0, 0.05) is 24.1 Å². The van der Waals surface area contributed by atoms with Crippen LogP contribution in [0.25, 0.3) is 0 Å². The highest BCUT2D eigenvalue weighted by Gasteiger charge is 2.08. The van der Waals surface area contributed by atoms with Crippen molar-refractivity contribution < 1.29 is 14.8 Å². The van der Waals surface area contributed by atoms with E-state index in [2.05, 4.69) is 15.9 Å². The average molecular weight is 352 g/mol. The number of aliphatic hydroxyl groups excluding tert-OH is 1. The number of nitrogens with zero attached hydrogens (tertiary/aromatic N) is 1. The van der Waals surface area contributed by atoms with Gasteiger partial charge in [-0.15, -0.1) is 0 Å². The lowest BCUT2D eigenvalue weighted by Crippen LogP contribution is -2.04. The Morgan fingerprint density at radius 1 is 1.19 bits per heavy atom. The van der Waals surface area contributed by atoms with Crippen LogP contribution in [-0.4, -0.2) is 16.6 Å². The molecule has 0 aliphatic carbocycles.